The first-order valence-electron chi connectivity index (χ1n) is 7.06. The number of hydrogen-bond donors (Lipinski definition) is 0. The van der Waals surface area contributed by atoms with Gasteiger partial charge in [-0.25, -0.2) is 47.7 Å². The van der Waals surface area contributed by atoms with Crippen LogP contribution < -0.4 is 0 Å². The van der Waals surface area contributed by atoms with E-state index in [4.69, 9.17) is 65.0 Å². The van der Waals surface area contributed by atoms with Gasteiger partial charge in [-0.1, -0.05) is 0 Å². The summed E-state index contributed by atoms with van der Waals surface area (Å²) in [5, 5.41) is -0.508. The van der Waals surface area contributed by atoms with Gasteiger partial charge in [0.1, 0.15) is 23.3 Å². The molecule has 0 aliphatic carbocycles. The van der Waals surface area contributed by atoms with Gasteiger partial charge in [0.2, 0.25) is 5.24 Å². The smallest absolute Gasteiger partial charge is 0.293 e. The van der Waals surface area contributed by atoms with Gasteiger partial charge in [0, 0.05) is 0 Å². The highest BCUT2D eigenvalue weighted by Gasteiger charge is 2.10. The predicted octanol–water partition coefficient (Wildman–Crippen LogP) is 7.03. The minimum absolute atomic E-state index is 0.0957. The van der Waals surface area contributed by atoms with Crippen molar-refractivity contribution in [2.45, 2.75) is 0 Å². The number of halogens is 10. The first-order valence-corrected chi connectivity index (χ1v) is 13.7. The molecule has 0 heterocycles. The van der Waals surface area contributed by atoms with E-state index < -0.39 is 45.7 Å². The Morgan fingerprint density at radius 3 is 1.41 bits per heavy atom. The van der Waals surface area contributed by atoms with Crippen molar-refractivity contribution in [3.63, 3.8) is 0 Å². The van der Waals surface area contributed by atoms with Crippen molar-refractivity contribution < 1.29 is 27.2 Å². The molecule has 0 bridgehead atoms. The summed E-state index contributed by atoms with van der Waals surface area (Å²) in [6, 6.07) is 6.99. The zero-order chi connectivity index (χ0) is 23.0. The summed E-state index contributed by atoms with van der Waals surface area (Å²) in [5.74, 6) is -3.28. The topological polar surface area (TPSA) is 34.1 Å². The molecule has 0 spiro atoms. The number of carbonyl (C=O) groups is 2. The molecule has 2 aromatic rings. The quantitative estimate of drug-likeness (QED) is 0.135. The van der Waals surface area contributed by atoms with Crippen molar-refractivity contribution in [1.82, 2.24) is 0 Å². The number of benzene rings is 2. The molecule has 0 saturated carbocycles. The molecule has 0 atom stereocenters. The Morgan fingerprint density at radius 1 is 0.759 bits per heavy atom. The van der Waals surface area contributed by atoms with Gasteiger partial charge >= 0.3 is 11.4 Å². The Bertz CT molecular complexity index is 727. The van der Waals surface area contributed by atoms with E-state index in [9.17, 15) is 27.2 Å². The number of rotatable bonds is 3. The number of ketones is 1. The Kier molecular flexibility index (Phi) is 19.8. The van der Waals surface area contributed by atoms with Crippen LogP contribution in [-0.4, -0.2) is 34.2 Å². The van der Waals surface area contributed by atoms with Crippen LogP contribution in [0, 0.1) is 23.3 Å². The van der Waals surface area contributed by atoms with Crippen LogP contribution in [0.3, 0.4) is 0 Å². The largest absolute Gasteiger partial charge is 0.643 e. The Labute approximate surface area is 196 Å². The Balaban J connectivity index is 0. The van der Waals surface area contributed by atoms with Crippen molar-refractivity contribution in [2.24, 2.45) is 0 Å². The van der Waals surface area contributed by atoms with Crippen LogP contribution in [0.1, 0.15) is 10.4 Å². The fraction of sp³-hybridized carbons (Fsp3) is 0.125. The highest BCUT2D eigenvalue weighted by molar-refractivity contribution is 7.54. The molecule has 2 rings (SSSR count). The van der Waals surface area contributed by atoms with Crippen molar-refractivity contribution in [1.29, 1.82) is 0 Å². The lowest BCUT2D eigenvalue weighted by molar-refractivity contribution is -0.109. The maximum Gasteiger partial charge on any atom is 0.643 e. The monoisotopic (exact) mass is 548 g/mol. The number of alkyl halides is 2. The van der Waals surface area contributed by atoms with Gasteiger partial charge in [0.25, 0.3) is 0 Å². The van der Waals surface area contributed by atoms with Gasteiger partial charge in [0.05, 0.1) is 17.3 Å². The van der Waals surface area contributed by atoms with E-state index in [1.807, 2.05) is 0 Å². The highest BCUT2D eigenvalue weighted by atomic mass is 35.8. The fourth-order valence-electron chi connectivity index (χ4n) is 1.21. The molecule has 2 nitrogen and oxygen atoms in total. The zero-order valence-electron chi connectivity index (χ0n) is 14.1. The first kappa shape index (κ1) is 31.0. The minimum atomic E-state index is -1.72. The van der Waals surface area contributed by atoms with E-state index in [1.54, 1.807) is 0 Å². The molecule has 0 saturated heterocycles. The second-order valence-corrected chi connectivity index (χ2v) is 11.7. The van der Waals surface area contributed by atoms with Crippen LogP contribution in [0.2, 0.25) is 0 Å². The van der Waals surface area contributed by atoms with Crippen molar-refractivity contribution >= 4 is 87.4 Å². The highest BCUT2D eigenvalue weighted by Crippen LogP contribution is 2.10. The summed E-state index contributed by atoms with van der Waals surface area (Å²) >= 11 is 13.0. The van der Waals surface area contributed by atoms with E-state index in [2.05, 4.69) is 0 Å². The zero-order valence-corrected chi connectivity index (χ0v) is 19.8. The lowest BCUT2D eigenvalue weighted by Crippen LogP contribution is -2.03. The second-order valence-electron chi connectivity index (χ2n) is 4.35. The third-order valence-corrected chi connectivity index (χ3v) is 3.01. The predicted molar refractivity (Wildman–Crippen MR) is 113 cm³/mol. The summed E-state index contributed by atoms with van der Waals surface area (Å²) in [4.78, 5) is 20.3. The molecule has 13 heteroatoms. The molecule has 0 N–H and O–H groups in total. The summed E-state index contributed by atoms with van der Waals surface area (Å²) < 4.78 is 49.1. The molecule has 2 aromatic carbocycles. The van der Waals surface area contributed by atoms with Crippen molar-refractivity contribution in [3.8, 4) is 0 Å². The average Bonchev–Trinajstić information content (AvgIpc) is 2.66. The summed E-state index contributed by atoms with van der Waals surface area (Å²) in [6.07, 6.45) is 0. The average molecular weight is 551 g/mol. The van der Waals surface area contributed by atoms with E-state index in [1.165, 1.54) is 0 Å². The minimum Gasteiger partial charge on any atom is -0.293 e. The summed E-state index contributed by atoms with van der Waals surface area (Å²) in [6.45, 7) is 0. The standard InChI is InChI=1S/C8H5ClF2O.C6H4F2.C2H2Cl2O.Al.3ClH/c9-4-8(12)6-3-5(10)1-2-7(6)11;7-5-1-2-6(8)4-3-5;3-1-2(4)5;;;;/h1-3H,4H2;1-4H;1H2;;3*1H/q;;;+3;;;/p-3. The summed E-state index contributed by atoms with van der Waals surface area (Å²) in [5.41, 5.74) is -0.301. The van der Waals surface area contributed by atoms with Gasteiger partial charge in [-0.05, 0) is 54.1 Å². The van der Waals surface area contributed by atoms with E-state index in [0.717, 1.165) is 42.5 Å². The normalized spacial score (nSPS) is 8.90. The SMILES string of the molecule is Fc1ccc(F)cc1.O=C(CCl)c1cc(F)ccc1F.O=C(Cl)CCl.[Cl][Al]([Cl])[Cl]. The molecule has 0 fully saturated rings. The Hall–Kier alpha value is -0.228. The molecule has 0 unspecified atom stereocenters. The van der Waals surface area contributed by atoms with E-state index in [0.29, 0.717) is 0 Å². The third kappa shape index (κ3) is 19.5. The van der Waals surface area contributed by atoms with Gasteiger partial charge in [-0.3, -0.25) is 9.59 Å². The van der Waals surface area contributed by atoms with Gasteiger partial charge in [-0.2, -0.15) is 0 Å². The van der Waals surface area contributed by atoms with Crippen molar-refractivity contribution in [3.05, 3.63) is 71.3 Å². The molecular weight excluding hydrogens is 540 g/mol. The number of carbonyl (C=O) groups excluding carboxylic acids is 2. The van der Waals surface area contributed by atoms with Crippen LogP contribution in [0.25, 0.3) is 0 Å². The van der Waals surface area contributed by atoms with Gasteiger partial charge < -0.3 is 0 Å². The van der Waals surface area contributed by atoms with Crippen LogP contribution in [0.4, 0.5) is 17.6 Å². The molecule has 160 valence electrons. The molecular formula is C16H11AlCl6F4O2. The van der Waals surface area contributed by atoms with Crippen molar-refractivity contribution in [2.75, 3.05) is 11.8 Å². The molecule has 0 aliphatic heterocycles. The molecule has 0 aliphatic rings. The number of Topliss-reactive ketones (excluding diaryl/α,β-unsaturated/α-hetero) is 1. The van der Waals surface area contributed by atoms with Crippen LogP contribution in [0.5, 0.6) is 0 Å². The van der Waals surface area contributed by atoms with Crippen LogP contribution >= 0.6 is 65.0 Å². The van der Waals surface area contributed by atoms with Crippen LogP contribution in [0.15, 0.2) is 42.5 Å². The maximum absolute atomic E-state index is 12.8. The van der Waals surface area contributed by atoms with Gasteiger partial charge in [-0.15, -0.1) is 23.2 Å². The number of hydrogen-bond acceptors (Lipinski definition) is 2. The lowest BCUT2D eigenvalue weighted by Gasteiger charge is -1.98. The van der Waals surface area contributed by atoms with E-state index in [-0.39, 0.29) is 17.3 Å². The second kappa shape index (κ2) is 18.5. The first-order chi connectivity index (χ1) is 13.4. The van der Waals surface area contributed by atoms with E-state index >= 15 is 0 Å². The fourth-order valence-corrected chi connectivity index (χ4v) is 1.36. The molecule has 0 aromatic heterocycles. The van der Waals surface area contributed by atoms with Gasteiger partial charge in [0.15, 0.2) is 5.78 Å². The Morgan fingerprint density at radius 2 is 1.10 bits per heavy atom. The third-order valence-electron chi connectivity index (χ3n) is 2.26. The maximum atomic E-state index is 12.8. The lowest BCUT2D eigenvalue weighted by atomic mass is 10.1. The molecule has 0 radical (unpaired) electrons. The summed E-state index contributed by atoms with van der Waals surface area (Å²) in [7, 11) is 14.8. The van der Waals surface area contributed by atoms with Crippen LogP contribution in [-0.2, 0) is 4.79 Å². The molecule has 0 amide bonds. The molecule has 29 heavy (non-hydrogen) atoms.